The number of nitro benzene ring substituents is 1. The lowest BCUT2D eigenvalue weighted by Crippen LogP contribution is -2.29. The van der Waals surface area contributed by atoms with Crippen molar-refractivity contribution in [1.82, 2.24) is 4.98 Å². The van der Waals surface area contributed by atoms with E-state index < -0.39 is 34.2 Å². The average molecular weight is 505 g/mol. The number of aromatic nitrogens is 1. The molecule has 11 heteroatoms. The summed E-state index contributed by atoms with van der Waals surface area (Å²) in [4.78, 5) is 42.8. The van der Waals surface area contributed by atoms with E-state index in [4.69, 9.17) is 4.74 Å². The number of benzene rings is 3. The highest BCUT2D eigenvalue weighted by Crippen LogP contribution is 2.45. The van der Waals surface area contributed by atoms with Crippen LogP contribution in [0.3, 0.4) is 0 Å². The van der Waals surface area contributed by atoms with E-state index in [-0.39, 0.29) is 27.5 Å². The summed E-state index contributed by atoms with van der Waals surface area (Å²) in [7, 11) is 1.48. The quantitative estimate of drug-likeness (QED) is 0.133. The Kier molecular flexibility index (Phi) is 5.69. The number of Topliss-reactive ketones (excluding diaryl/α,β-unsaturated/α-hetero) is 1. The molecule has 1 aliphatic rings. The van der Waals surface area contributed by atoms with E-state index in [1.807, 2.05) is 0 Å². The number of methoxy groups -OCH3 is 1. The van der Waals surface area contributed by atoms with Crippen LogP contribution in [0.1, 0.15) is 17.2 Å². The van der Waals surface area contributed by atoms with E-state index in [1.165, 1.54) is 61.7 Å². The number of aliphatic hydroxyl groups is 1. The second-order valence-electron chi connectivity index (χ2n) is 7.86. The first-order valence-corrected chi connectivity index (χ1v) is 11.4. The van der Waals surface area contributed by atoms with Crippen molar-refractivity contribution in [2.75, 3.05) is 12.0 Å². The molecule has 0 bridgehead atoms. The van der Waals surface area contributed by atoms with Gasteiger partial charge in [0, 0.05) is 17.7 Å². The van der Waals surface area contributed by atoms with Gasteiger partial charge < -0.3 is 9.84 Å². The fourth-order valence-corrected chi connectivity index (χ4v) is 5.06. The second kappa shape index (κ2) is 8.86. The number of nitrogens with zero attached hydrogens (tertiary/aromatic N) is 3. The standard InChI is InChI=1S/C25H16FN3O6S/c1-35-17-8-5-13(6-9-17)22(30)20-21(14-3-2-4-16(11-14)29(33)34)28(24(32)23(20)31)25-27-18-10-7-15(26)12-19(18)36-25/h2-12,21,30H,1H3/t21-/m1/s1. The number of amides is 1. The maximum absolute atomic E-state index is 13.8. The number of hydrogen-bond acceptors (Lipinski definition) is 8. The minimum atomic E-state index is -1.21. The Morgan fingerprint density at radius 1 is 1.14 bits per heavy atom. The third-order valence-electron chi connectivity index (χ3n) is 5.75. The molecule has 1 saturated heterocycles. The lowest BCUT2D eigenvalue weighted by atomic mass is 9.95. The minimum Gasteiger partial charge on any atom is -0.507 e. The van der Waals surface area contributed by atoms with Gasteiger partial charge >= 0.3 is 5.91 Å². The molecule has 4 aromatic rings. The predicted molar refractivity (Wildman–Crippen MR) is 130 cm³/mol. The highest BCUT2D eigenvalue weighted by Gasteiger charge is 2.48. The first-order valence-electron chi connectivity index (χ1n) is 10.5. The molecule has 1 amide bonds. The molecule has 2 heterocycles. The molecule has 1 atom stereocenters. The number of ether oxygens (including phenoxy) is 1. The van der Waals surface area contributed by atoms with Crippen molar-refractivity contribution >= 4 is 49.8 Å². The number of anilines is 1. The van der Waals surface area contributed by atoms with Crippen LogP contribution in [0.15, 0.2) is 72.3 Å². The number of non-ortho nitro benzene ring substituents is 1. The summed E-state index contributed by atoms with van der Waals surface area (Å²) in [5.74, 6) is -2.38. The Balaban J connectivity index is 1.73. The van der Waals surface area contributed by atoms with Gasteiger partial charge in [-0.2, -0.15) is 0 Å². The number of nitro groups is 1. The van der Waals surface area contributed by atoms with Crippen LogP contribution < -0.4 is 9.64 Å². The van der Waals surface area contributed by atoms with Crippen LogP contribution >= 0.6 is 11.3 Å². The first kappa shape index (κ1) is 23.1. The van der Waals surface area contributed by atoms with E-state index in [2.05, 4.69) is 4.98 Å². The fraction of sp³-hybridized carbons (Fsp3) is 0.0800. The van der Waals surface area contributed by atoms with Crippen molar-refractivity contribution in [2.45, 2.75) is 6.04 Å². The molecule has 5 rings (SSSR count). The Bertz CT molecular complexity index is 1580. The Morgan fingerprint density at radius 2 is 1.89 bits per heavy atom. The number of fused-ring (bicyclic) bond motifs is 1. The Hall–Kier alpha value is -4.64. The van der Waals surface area contributed by atoms with Gasteiger partial charge in [0.15, 0.2) is 5.13 Å². The smallest absolute Gasteiger partial charge is 0.301 e. The number of thiazole rings is 1. The molecule has 0 radical (unpaired) electrons. The van der Waals surface area contributed by atoms with Gasteiger partial charge in [-0.1, -0.05) is 23.5 Å². The number of hydrogen-bond donors (Lipinski definition) is 1. The molecular weight excluding hydrogens is 489 g/mol. The third kappa shape index (κ3) is 3.85. The molecule has 0 aliphatic carbocycles. The van der Waals surface area contributed by atoms with Crippen LogP contribution in [-0.4, -0.2) is 33.8 Å². The molecule has 9 nitrogen and oxygen atoms in total. The zero-order valence-electron chi connectivity index (χ0n) is 18.5. The van der Waals surface area contributed by atoms with Gasteiger partial charge in [0.25, 0.3) is 11.5 Å². The number of carbonyl (C=O) groups excluding carboxylic acids is 2. The topological polar surface area (TPSA) is 123 Å². The number of halogens is 1. The van der Waals surface area contributed by atoms with E-state index in [9.17, 15) is 29.2 Å². The van der Waals surface area contributed by atoms with Crippen LogP contribution in [0.4, 0.5) is 15.2 Å². The van der Waals surface area contributed by atoms with E-state index >= 15 is 0 Å². The summed E-state index contributed by atoms with van der Waals surface area (Å²) in [6.07, 6.45) is 0. The lowest BCUT2D eigenvalue weighted by Gasteiger charge is -2.22. The monoisotopic (exact) mass is 505 g/mol. The molecule has 0 spiro atoms. The minimum absolute atomic E-state index is 0.0861. The van der Waals surface area contributed by atoms with Crippen molar-refractivity contribution in [1.29, 1.82) is 0 Å². The highest BCUT2D eigenvalue weighted by atomic mass is 32.1. The predicted octanol–water partition coefficient (Wildman–Crippen LogP) is 4.98. The molecule has 36 heavy (non-hydrogen) atoms. The zero-order valence-corrected chi connectivity index (χ0v) is 19.4. The van der Waals surface area contributed by atoms with Gasteiger partial charge in [0.05, 0.1) is 33.9 Å². The molecule has 1 aromatic heterocycles. The van der Waals surface area contributed by atoms with Gasteiger partial charge in [-0.05, 0) is 48.0 Å². The zero-order chi connectivity index (χ0) is 25.6. The summed E-state index contributed by atoms with van der Waals surface area (Å²) < 4.78 is 19.3. The van der Waals surface area contributed by atoms with Crippen molar-refractivity contribution in [3.8, 4) is 5.75 Å². The van der Waals surface area contributed by atoms with E-state index in [1.54, 1.807) is 12.1 Å². The summed E-state index contributed by atoms with van der Waals surface area (Å²) in [5.41, 5.74) is 0.371. The lowest BCUT2D eigenvalue weighted by molar-refractivity contribution is -0.384. The second-order valence-corrected chi connectivity index (χ2v) is 8.87. The first-order chi connectivity index (χ1) is 17.3. The molecule has 0 saturated carbocycles. The molecule has 3 aromatic carbocycles. The molecular formula is C25H16FN3O6S. The number of rotatable bonds is 5. The molecule has 1 aliphatic heterocycles. The average Bonchev–Trinajstić information content (AvgIpc) is 3.41. The maximum atomic E-state index is 13.8. The van der Waals surface area contributed by atoms with Crippen LogP contribution in [0, 0.1) is 15.9 Å². The van der Waals surface area contributed by atoms with Crippen molar-refractivity contribution in [3.05, 3.63) is 99.4 Å². The van der Waals surface area contributed by atoms with Crippen molar-refractivity contribution < 1.29 is 28.7 Å². The summed E-state index contributed by atoms with van der Waals surface area (Å²) in [5, 5.41) is 22.7. The van der Waals surface area contributed by atoms with Crippen LogP contribution in [0.2, 0.25) is 0 Å². The normalized spacial score (nSPS) is 17.1. The number of aliphatic hydroxyl groups excluding tert-OH is 1. The van der Waals surface area contributed by atoms with E-state index in [0.29, 0.717) is 16.0 Å². The fourth-order valence-electron chi connectivity index (χ4n) is 4.05. The summed E-state index contributed by atoms with van der Waals surface area (Å²) in [6, 6.07) is 14.4. The molecule has 1 fully saturated rings. The van der Waals surface area contributed by atoms with Crippen molar-refractivity contribution in [2.24, 2.45) is 0 Å². The van der Waals surface area contributed by atoms with Crippen LogP contribution in [-0.2, 0) is 9.59 Å². The molecule has 0 unspecified atom stereocenters. The van der Waals surface area contributed by atoms with Crippen LogP contribution in [0.5, 0.6) is 5.75 Å². The summed E-state index contributed by atoms with van der Waals surface area (Å²) in [6.45, 7) is 0. The summed E-state index contributed by atoms with van der Waals surface area (Å²) >= 11 is 0.985. The van der Waals surface area contributed by atoms with Crippen molar-refractivity contribution in [3.63, 3.8) is 0 Å². The van der Waals surface area contributed by atoms with Gasteiger partial charge in [-0.15, -0.1) is 0 Å². The van der Waals surface area contributed by atoms with Gasteiger partial charge in [-0.3, -0.25) is 24.6 Å². The largest absolute Gasteiger partial charge is 0.507 e. The van der Waals surface area contributed by atoms with Crippen LogP contribution in [0.25, 0.3) is 16.0 Å². The Morgan fingerprint density at radius 3 is 2.58 bits per heavy atom. The third-order valence-corrected chi connectivity index (χ3v) is 6.77. The molecule has 1 N–H and O–H groups in total. The highest BCUT2D eigenvalue weighted by molar-refractivity contribution is 7.22. The number of carbonyl (C=O) groups is 2. The maximum Gasteiger partial charge on any atom is 0.301 e. The Labute approximate surface area is 206 Å². The van der Waals surface area contributed by atoms with Gasteiger partial charge in [-0.25, -0.2) is 9.37 Å². The van der Waals surface area contributed by atoms with Gasteiger partial charge in [0.1, 0.15) is 17.3 Å². The van der Waals surface area contributed by atoms with Gasteiger partial charge in [0.2, 0.25) is 0 Å². The molecule has 180 valence electrons. The number of ketones is 1. The SMILES string of the molecule is COc1ccc(C(O)=C2C(=O)C(=O)N(c3nc4ccc(F)cc4s3)[C@@H]2c2cccc([N+](=O)[O-])c2)cc1. The van der Waals surface area contributed by atoms with E-state index in [0.717, 1.165) is 16.2 Å².